The van der Waals surface area contributed by atoms with Gasteiger partial charge in [-0.2, -0.15) is 5.10 Å². The summed E-state index contributed by atoms with van der Waals surface area (Å²) in [6.45, 7) is 0. The summed E-state index contributed by atoms with van der Waals surface area (Å²) in [4.78, 5) is 11.5. The van der Waals surface area contributed by atoms with Crippen molar-refractivity contribution in [2.45, 2.75) is 37.7 Å². The first kappa shape index (κ1) is 20.3. The Kier molecular flexibility index (Phi) is 5.04. The lowest BCUT2D eigenvalue weighted by Crippen LogP contribution is -2.25. The Bertz CT molecular complexity index is 1380. The van der Waals surface area contributed by atoms with E-state index in [9.17, 15) is 5.11 Å². The second kappa shape index (κ2) is 8.21. The summed E-state index contributed by atoms with van der Waals surface area (Å²) >= 11 is 1.78. The highest BCUT2D eigenvalue weighted by Crippen LogP contribution is 2.44. The zero-order valence-corrected chi connectivity index (χ0v) is 19.0. The number of hydrazone groups is 1. The normalized spacial score (nSPS) is 21.2. The van der Waals surface area contributed by atoms with Gasteiger partial charge in [0.05, 0.1) is 11.1 Å². The van der Waals surface area contributed by atoms with Gasteiger partial charge in [0.15, 0.2) is 5.82 Å². The van der Waals surface area contributed by atoms with E-state index in [2.05, 4.69) is 15.4 Å². The fraction of sp³-hybridized carbons (Fsp3) is 0.222. The average molecular weight is 453 g/mol. The number of allylic oxidation sites excluding steroid dienone is 1. The lowest BCUT2D eigenvalue weighted by Gasteiger charge is -2.27. The highest BCUT2D eigenvalue weighted by atomic mass is 32.1. The summed E-state index contributed by atoms with van der Waals surface area (Å²) < 4.78 is 0. The number of aryl methyl sites for hydroxylation is 2. The summed E-state index contributed by atoms with van der Waals surface area (Å²) in [6, 6.07) is 19.9. The molecule has 2 aliphatic carbocycles. The molecule has 0 amide bonds. The molecule has 0 radical (unpaired) electrons. The van der Waals surface area contributed by atoms with Crippen molar-refractivity contribution < 1.29 is 5.11 Å². The Morgan fingerprint density at radius 1 is 0.939 bits per heavy atom. The molecule has 0 saturated heterocycles. The van der Waals surface area contributed by atoms with E-state index in [0.717, 1.165) is 51.3 Å². The van der Waals surface area contributed by atoms with Gasteiger partial charge in [-0.3, -0.25) is 5.43 Å². The minimum Gasteiger partial charge on any atom is -0.380 e. The van der Waals surface area contributed by atoms with Crippen LogP contribution in [0.25, 0.3) is 15.8 Å². The SMILES string of the molecule is OC1(c2ccccc2)CC(=NNc2ncnc3sc4c(c23)CCCC4)C=C1c1ccccc1. The molecule has 0 bridgehead atoms. The number of hydrogen-bond acceptors (Lipinski definition) is 6. The van der Waals surface area contributed by atoms with Crippen molar-refractivity contribution >= 4 is 38.7 Å². The summed E-state index contributed by atoms with van der Waals surface area (Å²) in [5, 5.41) is 17.7. The molecule has 164 valence electrons. The first-order chi connectivity index (χ1) is 16.2. The third-order valence-corrected chi connectivity index (χ3v) is 7.79. The number of nitrogens with zero attached hydrogens (tertiary/aromatic N) is 3. The molecule has 2 aromatic heterocycles. The van der Waals surface area contributed by atoms with E-state index in [1.54, 1.807) is 17.7 Å². The van der Waals surface area contributed by atoms with Crippen LogP contribution in [0.5, 0.6) is 0 Å². The molecule has 2 aliphatic rings. The fourth-order valence-corrected chi connectivity index (χ4v) is 6.21. The molecule has 0 aliphatic heterocycles. The van der Waals surface area contributed by atoms with Gasteiger partial charge in [0.2, 0.25) is 0 Å². The van der Waals surface area contributed by atoms with Crippen LogP contribution in [0.3, 0.4) is 0 Å². The van der Waals surface area contributed by atoms with Crippen LogP contribution in [0, 0.1) is 0 Å². The zero-order valence-electron chi connectivity index (χ0n) is 18.2. The van der Waals surface area contributed by atoms with Crippen molar-refractivity contribution in [3.8, 4) is 0 Å². The van der Waals surface area contributed by atoms with Gasteiger partial charge in [0.25, 0.3) is 0 Å². The first-order valence-corrected chi connectivity index (χ1v) is 12.2. The molecule has 0 spiro atoms. The van der Waals surface area contributed by atoms with E-state index in [1.165, 1.54) is 23.3 Å². The third kappa shape index (κ3) is 3.56. The first-order valence-electron chi connectivity index (χ1n) is 11.4. The molecule has 5 nitrogen and oxygen atoms in total. The van der Waals surface area contributed by atoms with Crippen LogP contribution < -0.4 is 5.43 Å². The predicted octanol–water partition coefficient (Wildman–Crippen LogP) is 5.71. The number of rotatable bonds is 4. The molecule has 2 heterocycles. The van der Waals surface area contributed by atoms with Crippen LogP contribution in [0.1, 0.15) is 40.8 Å². The predicted molar refractivity (Wildman–Crippen MR) is 134 cm³/mol. The maximum absolute atomic E-state index is 11.8. The van der Waals surface area contributed by atoms with Crippen molar-refractivity contribution in [2.75, 3.05) is 5.43 Å². The molecule has 4 aromatic rings. The van der Waals surface area contributed by atoms with Crippen LogP contribution in [-0.2, 0) is 18.4 Å². The van der Waals surface area contributed by atoms with Gasteiger partial charge in [-0.05, 0) is 54.0 Å². The summed E-state index contributed by atoms with van der Waals surface area (Å²) in [6.07, 6.45) is 8.63. The molecule has 2 N–H and O–H groups in total. The second-order valence-corrected chi connectivity index (χ2v) is 9.74. The topological polar surface area (TPSA) is 70.4 Å². The van der Waals surface area contributed by atoms with Crippen LogP contribution in [-0.4, -0.2) is 20.8 Å². The maximum Gasteiger partial charge on any atom is 0.158 e. The van der Waals surface area contributed by atoms with Gasteiger partial charge in [-0.15, -0.1) is 11.3 Å². The lowest BCUT2D eigenvalue weighted by molar-refractivity contribution is 0.113. The molecule has 1 atom stereocenters. The number of nitrogens with one attached hydrogen (secondary N) is 1. The van der Waals surface area contributed by atoms with E-state index in [-0.39, 0.29) is 0 Å². The Hall–Kier alpha value is -3.35. The molecular weight excluding hydrogens is 428 g/mol. The van der Waals surface area contributed by atoms with Gasteiger partial charge in [-0.25, -0.2) is 9.97 Å². The number of thiophene rings is 1. The Morgan fingerprint density at radius 3 is 2.52 bits per heavy atom. The number of aliphatic hydroxyl groups is 1. The van der Waals surface area contributed by atoms with Crippen molar-refractivity contribution in [1.29, 1.82) is 0 Å². The molecule has 0 fully saturated rings. The summed E-state index contributed by atoms with van der Waals surface area (Å²) in [5.41, 5.74) is 6.95. The van der Waals surface area contributed by atoms with Gasteiger partial charge >= 0.3 is 0 Å². The maximum atomic E-state index is 11.8. The smallest absolute Gasteiger partial charge is 0.158 e. The molecule has 2 aromatic carbocycles. The largest absolute Gasteiger partial charge is 0.380 e. The van der Waals surface area contributed by atoms with Crippen molar-refractivity contribution in [3.05, 3.63) is 94.6 Å². The van der Waals surface area contributed by atoms with Crippen LogP contribution >= 0.6 is 11.3 Å². The molecule has 0 saturated carbocycles. The minimum absolute atomic E-state index is 0.393. The average Bonchev–Trinajstić information content (AvgIpc) is 3.42. The van der Waals surface area contributed by atoms with Crippen LogP contribution in [0.15, 0.2) is 78.2 Å². The zero-order chi connectivity index (χ0) is 22.3. The van der Waals surface area contributed by atoms with E-state index in [1.807, 2.05) is 66.7 Å². The van der Waals surface area contributed by atoms with Gasteiger partial charge < -0.3 is 5.11 Å². The van der Waals surface area contributed by atoms with E-state index >= 15 is 0 Å². The Balaban J connectivity index is 1.39. The number of benzene rings is 2. The fourth-order valence-electron chi connectivity index (χ4n) is 4.98. The molecule has 6 heteroatoms. The van der Waals surface area contributed by atoms with Crippen molar-refractivity contribution in [2.24, 2.45) is 5.10 Å². The Labute approximate surface area is 196 Å². The molecule has 33 heavy (non-hydrogen) atoms. The Morgan fingerprint density at radius 2 is 1.70 bits per heavy atom. The van der Waals surface area contributed by atoms with Crippen LogP contribution in [0.2, 0.25) is 0 Å². The van der Waals surface area contributed by atoms with Gasteiger partial charge in [-0.1, -0.05) is 60.7 Å². The number of hydrogen-bond donors (Lipinski definition) is 2. The number of anilines is 1. The third-order valence-electron chi connectivity index (χ3n) is 6.59. The molecule has 6 rings (SSSR count). The van der Waals surface area contributed by atoms with Gasteiger partial charge in [0.1, 0.15) is 16.8 Å². The minimum atomic E-state index is -1.13. The number of fused-ring (bicyclic) bond motifs is 3. The lowest BCUT2D eigenvalue weighted by atomic mass is 9.84. The monoisotopic (exact) mass is 452 g/mol. The summed E-state index contributed by atoms with van der Waals surface area (Å²) in [5.74, 6) is 0.747. The van der Waals surface area contributed by atoms with Gasteiger partial charge in [0, 0.05) is 11.3 Å². The summed E-state index contributed by atoms with van der Waals surface area (Å²) in [7, 11) is 0. The number of aromatic nitrogens is 2. The highest BCUT2D eigenvalue weighted by molar-refractivity contribution is 7.19. The standard InChI is InChI=1S/C27H24N4OS/c32-27(19-11-5-2-6-12-19)16-20(15-22(27)18-9-3-1-4-10-18)30-31-25-24-21-13-7-8-14-23(21)33-26(24)29-17-28-25/h1-6,9-12,15,17,32H,7-8,13-14,16H2,(H,28,29,31). The van der Waals surface area contributed by atoms with Crippen molar-refractivity contribution in [1.82, 2.24) is 9.97 Å². The van der Waals surface area contributed by atoms with E-state index in [0.29, 0.717) is 6.42 Å². The quantitative estimate of drug-likeness (QED) is 0.389. The van der Waals surface area contributed by atoms with Crippen LogP contribution in [0.4, 0.5) is 5.82 Å². The van der Waals surface area contributed by atoms with E-state index in [4.69, 9.17) is 5.10 Å². The van der Waals surface area contributed by atoms with Crippen molar-refractivity contribution in [3.63, 3.8) is 0 Å². The second-order valence-electron chi connectivity index (χ2n) is 8.66. The molecule has 1 unspecified atom stereocenters. The highest BCUT2D eigenvalue weighted by Gasteiger charge is 2.40. The molecular formula is C27H24N4OS. The van der Waals surface area contributed by atoms with E-state index < -0.39 is 5.60 Å².